The van der Waals surface area contributed by atoms with Gasteiger partial charge in [-0.25, -0.2) is 0 Å². The van der Waals surface area contributed by atoms with Crippen molar-refractivity contribution < 1.29 is 14.6 Å². The molecule has 1 aliphatic heterocycles. The summed E-state index contributed by atoms with van der Waals surface area (Å²) in [6.45, 7) is 7.34. The van der Waals surface area contributed by atoms with Crippen LogP contribution in [0.2, 0.25) is 0 Å². The van der Waals surface area contributed by atoms with Gasteiger partial charge < -0.3 is 14.6 Å². The van der Waals surface area contributed by atoms with Crippen molar-refractivity contribution in [2.24, 2.45) is 11.8 Å². The molecule has 1 fully saturated rings. The lowest BCUT2D eigenvalue weighted by atomic mass is 9.95. The molecule has 3 unspecified atom stereocenters. The van der Waals surface area contributed by atoms with E-state index in [1.54, 1.807) is 12.1 Å². The summed E-state index contributed by atoms with van der Waals surface area (Å²) in [7, 11) is 0. The summed E-state index contributed by atoms with van der Waals surface area (Å²) < 4.78 is 11.6. The molecule has 1 heterocycles. The first-order valence-electron chi connectivity index (χ1n) is 7.58. The minimum absolute atomic E-state index is 0.0131. The van der Waals surface area contributed by atoms with Gasteiger partial charge in [0.2, 0.25) is 0 Å². The van der Waals surface area contributed by atoms with E-state index in [4.69, 9.17) is 9.47 Å². The highest BCUT2D eigenvalue weighted by molar-refractivity contribution is 5.26. The molecule has 112 valence electrons. The van der Waals surface area contributed by atoms with Crippen molar-refractivity contribution in [3.63, 3.8) is 0 Å². The highest BCUT2D eigenvalue weighted by atomic mass is 16.7. The van der Waals surface area contributed by atoms with E-state index in [0.29, 0.717) is 17.6 Å². The molecule has 1 saturated heterocycles. The van der Waals surface area contributed by atoms with Crippen molar-refractivity contribution in [1.29, 1.82) is 0 Å². The second-order valence-electron chi connectivity index (χ2n) is 6.36. The smallest absolute Gasteiger partial charge is 0.158 e. The second kappa shape index (κ2) is 7.09. The van der Waals surface area contributed by atoms with Crippen molar-refractivity contribution in [1.82, 2.24) is 0 Å². The second-order valence-corrected chi connectivity index (χ2v) is 6.36. The number of rotatable bonds is 6. The SMILES string of the molecule is CC(C)CC1OCC(CC(C)Cc2ccc(O)cc2)O1. The molecule has 0 radical (unpaired) electrons. The lowest BCUT2D eigenvalue weighted by Crippen LogP contribution is -2.17. The first kappa shape index (κ1) is 15.3. The molecule has 2 rings (SSSR count). The van der Waals surface area contributed by atoms with Gasteiger partial charge in [0.15, 0.2) is 6.29 Å². The summed E-state index contributed by atoms with van der Waals surface area (Å²) >= 11 is 0. The van der Waals surface area contributed by atoms with E-state index in [0.717, 1.165) is 25.9 Å². The molecule has 3 heteroatoms. The van der Waals surface area contributed by atoms with E-state index in [-0.39, 0.29) is 12.4 Å². The Bertz CT molecular complexity index is 399. The zero-order chi connectivity index (χ0) is 14.5. The minimum atomic E-state index is -0.0131. The molecule has 0 amide bonds. The summed E-state index contributed by atoms with van der Waals surface area (Å²) in [5.74, 6) is 1.48. The van der Waals surface area contributed by atoms with Crippen LogP contribution < -0.4 is 0 Å². The van der Waals surface area contributed by atoms with Gasteiger partial charge in [-0.15, -0.1) is 0 Å². The summed E-state index contributed by atoms with van der Waals surface area (Å²) in [5, 5.41) is 9.29. The minimum Gasteiger partial charge on any atom is -0.508 e. The number of aromatic hydroxyl groups is 1. The number of ether oxygens (including phenoxy) is 2. The van der Waals surface area contributed by atoms with Crippen LogP contribution in [-0.2, 0) is 15.9 Å². The van der Waals surface area contributed by atoms with Gasteiger partial charge in [0, 0.05) is 6.42 Å². The molecular formula is C17H26O3. The van der Waals surface area contributed by atoms with E-state index in [2.05, 4.69) is 20.8 Å². The molecule has 20 heavy (non-hydrogen) atoms. The number of phenols is 1. The van der Waals surface area contributed by atoms with Crippen molar-refractivity contribution in [2.45, 2.75) is 52.4 Å². The van der Waals surface area contributed by atoms with E-state index in [1.807, 2.05) is 12.1 Å². The summed E-state index contributed by atoms with van der Waals surface area (Å²) in [6.07, 6.45) is 3.22. The van der Waals surface area contributed by atoms with Crippen LogP contribution in [0.3, 0.4) is 0 Å². The average Bonchev–Trinajstić information content (AvgIpc) is 2.78. The molecule has 3 atom stereocenters. The molecule has 0 aliphatic carbocycles. The lowest BCUT2D eigenvalue weighted by molar-refractivity contribution is -0.0713. The van der Waals surface area contributed by atoms with Crippen LogP contribution in [0, 0.1) is 11.8 Å². The quantitative estimate of drug-likeness (QED) is 0.861. The third kappa shape index (κ3) is 4.80. The average molecular weight is 278 g/mol. The van der Waals surface area contributed by atoms with Crippen LogP contribution in [0.1, 0.15) is 39.2 Å². The van der Waals surface area contributed by atoms with Gasteiger partial charge in [0.1, 0.15) is 5.75 Å². The third-order valence-corrected chi connectivity index (χ3v) is 3.66. The van der Waals surface area contributed by atoms with Crippen LogP contribution >= 0.6 is 0 Å². The summed E-state index contributed by atoms with van der Waals surface area (Å²) in [6, 6.07) is 7.46. The van der Waals surface area contributed by atoms with Crippen molar-refractivity contribution in [3.8, 4) is 5.75 Å². The maximum Gasteiger partial charge on any atom is 0.158 e. The Labute approximate surface area is 121 Å². The number of phenolic OH excluding ortho intramolecular Hbond substituents is 1. The molecule has 0 aromatic heterocycles. The molecule has 1 aliphatic rings. The highest BCUT2D eigenvalue weighted by Gasteiger charge is 2.27. The number of hydrogen-bond donors (Lipinski definition) is 1. The van der Waals surface area contributed by atoms with Crippen LogP contribution in [-0.4, -0.2) is 24.1 Å². The molecule has 0 saturated carbocycles. The molecule has 1 aromatic rings. The molecule has 1 N–H and O–H groups in total. The Morgan fingerprint density at radius 2 is 1.85 bits per heavy atom. The lowest BCUT2D eigenvalue weighted by Gasteiger charge is -2.17. The first-order valence-corrected chi connectivity index (χ1v) is 7.58. The van der Waals surface area contributed by atoms with Gasteiger partial charge in [0.25, 0.3) is 0 Å². The Balaban J connectivity index is 1.75. The standard InChI is InChI=1S/C17H26O3/c1-12(2)8-17-19-11-16(20-17)10-13(3)9-14-4-6-15(18)7-5-14/h4-7,12-13,16-18H,8-11H2,1-3H3. The van der Waals surface area contributed by atoms with Gasteiger partial charge in [0.05, 0.1) is 12.7 Å². The Morgan fingerprint density at radius 3 is 2.50 bits per heavy atom. The van der Waals surface area contributed by atoms with E-state index in [9.17, 15) is 5.11 Å². The fourth-order valence-corrected chi connectivity index (χ4v) is 2.71. The van der Waals surface area contributed by atoms with Crippen molar-refractivity contribution >= 4 is 0 Å². The number of hydrogen-bond acceptors (Lipinski definition) is 3. The predicted octanol–water partition coefficient (Wildman–Crippen LogP) is 3.75. The van der Waals surface area contributed by atoms with Crippen molar-refractivity contribution in [3.05, 3.63) is 29.8 Å². The van der Waals surface area contributed by atoms with Gasteiger partial charge in [-0.3, -0.25) is 0 Å². The fraction of sp³-hybridized carbons (Fsp3) is 0.647. The monoisotopic (exact) mass is 278 g/mol. The van der Waals surface area contributed by atoms with Crippen LogP contribution in [0.15, 0.2) is 24.3 Å². The Kier molecular flexibility index (Phi) is 5.44. The van der Waals surface area contributed by atoms with Gasteiger partial charge in [-0.1, -0.05) is 32.9 Å². The van der Waals surface area contributed by atoms with E-state index >= 15 is 0 Å². The third-order valence-electron chi connectivity index (χ3n) is 3.66. The summed E-state index contributed by atoms with van der Waals surface area (Å²) in [5.41, 5.74) is 1.26. The maximum absolute atomic E-state index is 9.29. The molecule has 0 bridgehead atoms. The normalized spacial score (nSPS) is 24.2. The van der Waals surface area contributed by atoms with E-state index in [1.165, 1.54) is 5.56 Å². The fourth-order valence-electron chi connectivity index (χ4n) is 2.71. The van der Waals surface area contributed by atoms with Crippen LogP contribution in [0.4, 0.5) is 0 Å². The largest absolute Gasteiger partial charge is 0.508 e. The predicted molar refractivity (Wildman–Crippen MR) is 79.7 cm³/mol. The highest BCUT2D eigenvalue weighted by Crippen LogP contribution is 2.24. The maximum atomic E-state index is 9.29. The topological polar surface area (TPSA) is 38.7 Å². The molecular weight excluding hydrogens is 252 g/mol. The number of benzene rings is 1. The Morgan fingerprint density at radius 1 is 1.15 bits per heavy atom. The molecule has 0 spiro atoms. The van der Waals surface area contributed by atoms with Gasteiger partial charge in [-0.05, 0) is 42.4 Å². The van der Waals surface area contributed by atoms with Gasteiger partial charge >= 0.3 is 0 Å². The van der Waals surface area contributed by atoms with Crippen LogP contribution in [0.25, 0.3) is 0 Å². The zero-order valence-corrected chi connectivity index (χ0v) is 12.7. The van der Waals surface area contributed by atoms with Crippen molar-refractivity contribution in [2.75, 3.05) is 6.61 Å². The first-order chi connectivity index (χ1) is 9.52. The Hall–Kier alpha value is -1.06. The zero-order valence-electron chi connectivity index (χ0n) is 12.7. The molecule has 1 aromatic carbocycles. The van der Waals surface area contributed by atoms with Gasteiger partial charge in [-0.2, -0.15) is 0 Å². The summed E-state index contributed by atoms with van der Waals surface area (Å²) in [4.78, 5) is 0. The van der Waals surface area contributed by atoms with E-state index < -0.39 is 0 Å². The molecule has 3 nitrogen and oxygen atoms in total. The van der Waals surface area contributed by atoms with Crippen LogP contribution in [0.5, 0.6) is 5.75 Å².